The molecule has 1 N–H and O–H groups in total. The zero-order valence-corrected chi connectivity index (χ0v) is 11.7. The van der Waals surface area contributed by atoms with Crippen molar-refractivity contribution in [3.05, 3.63) is 34.3 Å². The molecule has 1 saturated heterocycles. The molecule has 2 rings (SSSR count). The maximum Gasteiger partial charge on any atom is 0.100 e. The van der Waals surface area contributed by atoms with Crippen LogP contribution >= 0.6 is 15.9 Å². The first kappa shape index (κ1) is 12.6. The minimum atomic E-state index is 0.713. The second kappa shape index (κ2) is 5.65. The maximum atomic E-state index is 8.17. The Labute approximate surface area is 111 Å². The largest absolute Gasteiger partial charge is 0.358 e. The summed E-state index contributed by atoms with van der Waals surface area (Å²) in [5, 5.41) is 8.17. The van der Waals surface area contributed by atoms with E-state index in [4.69, 9.17) is 5.41 Å². The van der Waals surface area contributed by atoms with Crippen LogP contribution in [0.25, 0.3) is 0 Å². The van der Waals surface area contributed by atoms with Crippen molar-refractivity contribution in [2.75, 3.05) is 33.2 Å². The van der Waals surface area contributed by atoms with Crippen LogP contribution in [-0.2, 0) is 6.42 Å². The molecule has 3 nitrogen and oxygen atoms in total. The van der Waals surface area contributed by atoms with E-state index in [0.29, 0.717) is 6.42 Å². The number of likely N-dealkylation sites (N-methyl/N-ethyl adjacent to an activating group) is 1. The van der Waals surface area contributed by atoms with Crippen LogP contribution in [0.5, 0.6) is 0 Å². The van der Waals surface area contributed by atoms with Crippen LogP contribution in [0, 0.1) is 5.41 Å². The third kappa shape index (κ3) is 3.30. The van der Waals surface area contributed by atoms with Crippen molar-refractivity contribution in [1.82, 2.24) is 9.80 Å². The van der Waals surface area contributed by atoms with Gasteiger partial charge in [-0.1, -0.05) is 34.1 Å². The van der Waals surface area contributed by atoms with Crippen LogP contribution in [0.2, 0.25) is 0 Å². The van der Waals surface area contributed by atoms with Gasteiger partial charge in [-0.25, -0.2) is 0 Å². The van der Waals surface area contributed by atoms with E-state index in [0.717, 1.165) is 36.5 Å². The Morgan fingerprint density at radius 3 is 2.53 bits per heavy atom. The minimum Gasteiger partial charge on any atom is -0.358 e. The number of hydrogen-bond donors (Lipinski definition) is 1. The second-order valence-corrected chi connectivity index (χ2v) is 5.36. The average Bonchev–Trinajstić information content (AvgIpc) is 2.33. The maximum absolute atomic E-state index is 8.17. The lowest BCUT2D eigenvalue weighted by molar-refractivity contribution is 0.213. The number of nitrogens with one attached hydrogen (secondary N) is 1. The molecular weight excluding hydrogens is 278 g/mol. The van der Waals surface area contributed by atoms with E-state index >= 15 is 0 Å². The van der Waals surface area contributed by atoms with Gasteiger partial charge in [0.1, 0.15) is 5.84 Å². The van der Waals surface area contributed by atoms with Crippen molar-refractivity contribution in [3.8, 4) is 0 Å². The van der Waals surface area contributed by atoms with Crippen LogP contribution < -0.4 is 0 Å². The lowest BCUT2D eigenvalue weighted by Gasteiger charge is -2.34. The van der Waals surface area contributed by atoms with E-state index in [1.165, 1.54) is 5.56 Å². The molecule has 1 heterocycles. The van der Waals surface area contributed by atoms with Crippen molar-refractivity contribution >= 4 is 21.8 Å². The Bertz CT molecular complexity index is 397. The molecule has 0 atom stereocenters. The lowest BCUT2D eigenvalue weighted by atomic mass is 10.1. The van der Waals surface area contributed by atoms with Crippen LogP contribution in [-0.4, -0.2) is 48.9 Å². The number of halogens is 1. The van der Waals surface area contributed by atoms with Gasteiger partial charge >= 0.3 is 0 Å². The molecule has 17 heavy (non-hydrogen) atoms. The van der Waals surface area contributed by atoms with Gasteiger partial charge in [0.2, 0.25) is 0 Å². The van der Waals surface area contributed by atoms with Crippen molar-refractivity contribution in [2.45, 2.75) is 6.42 Å². The monoisotopic (exact) mass is 295 g/mol. The third-order valence-electron chi connectivity index (χ3n) is 3.20. The minimum absolute atomic E-state index is 0.713. The van der Waals surface area contributed by atoms with E-state index in [1.807, 2.05) is 18.2 Å². The molecule has 0 aliphatic carbocycles. The van der Waals surface area contributed by atoms with E-state index in [1.54, 1.807) is 0 Å². The normalized spacial score (nSPS) is 17.2. The Kier molecular flexibility index (Phi) is 4.18. The predicted molar refractivity (Wildman–Crippen MR) is 74.6 cm³/mol. The molecule has 4 heteroatoms. The molecule has 0 spiro atoms. The molecule has 1 aliphatic rings. The first-order valence-corrected chi connectivity index (χ1v) is 6.70. The van der Waals surface area contributed by atoms with Gasteiger partial charge in [-0.15, -0.1) is 0 Å². The summed E-state index contributed by atoms with van der Waals surface area (Å²) in [7, 11) is 2.13. The number of rotatable bonds is 2. The van der Waals surface area contributed by atoms with Crippen LogP contribution in [0.1, 0.15) is 5.56 Å². The topological polar surface area (TPSA) is 30.3 Å². The van der Waals surface area contributed by atoms with Crippen LogP contribution in [0.3, 0.4) is 0 Å². The summed E-state index contributed by atoms with van der Waals surface area (Å²) in [5.41, 5.74) is 1.19. The Morgan fingerprint density at radius 2 is 1.88 bits per heavy atom. The average molecular weight is 296 g/mol. The number of benzene rings is 1. The fraction of sp³-hybridized carbons (Fsp3) is 0.462. The summed E-state index contributed by atoms with van der Waals surface area (Å²) in [5.74, 6) is 0.727. The van der Waals surface area contributed by atoms with Gasteiger partial charge < -0.3 is 9.80 Å². The molecule has 92 valence electrons. The number of amidine groups is 1. The van der Waals surface area contributed by atoms with E-state index in [-0.39, 0.29) is 0 Å². The fourth-order valence-corrected chi connectivity index (χ4v) is 2.44. The highest BCUT2D eigenvalue weighted by Crippen LogP contribution is 2.17. The highest BCUT2D eigenvalue weighted by atomic mass is 79.9. The van der Waals surface area contributed by atoms with E-state index in [9.17, 15) is 0 Å². The molecular formula is C13H18BrN3. The van der Waals surface area contributed by atoms with Gasteiger partial charge in [-0.05, 0) is 18.7 Å². The van der Waals surface area contributed by atoms with Gasteiger partial charge in [-0.3, -0.25) is 5.41 Å². The van der Waals surface area contributed by atoms with Crippen LogP contribution in [0.4, 0.5) is 0 Å². The van der Waals surface area contributed by atoms with Crippen molar-refractivity contribution in [3.63, 3.8) is 0 Å². The molecule has 0 aromatic heterocycles. The number of nitrogens with zero attached hydrogens (tertiary/aromatic N) is 2. The Hall–Kier alpha value is -0.870. The number of hydrogen-bond acceptors (Lipinski definition) is 2. The van der Waals surface area contributed by atoms with Gasteiger partial charge in [0.15, 0.2) is 0 Å². The summed E-state index contributed by atoms with van der Waals surface area (Å²) in [6, 6.07) is 8.14. The quantitative estimate of drug-likeness (QED) is 0.670. The molecule has 0 unspecified atom stereocenters. The SMILES string of the molecule is CN1CCN(C(=N)Cc2ccccc2Br)CC1. The van der Waals surface area contributed by atoms with Gasteiger partial charge in [0, 0.05) is 37.1 Å². The smallest absolute Gasteiger partial charge is 0.100 e. The standard InChI is InChI=1S/C13H18BrN3/c1-16-6-8-17(9-7-16)13(15)10-11-4-2-3-5-12(11)14/h2-5,15H,6-10H2,1H3. The summed E-state index contributed by atoms with van der Waals surface area (Å²) >= 11 is 3.53. The first-order valence-electron chi connectivity index (χ1n) is 5.91. The number of piperazine rings is 1. The van der Waals surface area contributed by atoms with Gasteiger partial charge in [0.05, 0.1) is 0 Å². The van der Waals surface area contributed by atoms with Crippen molar-refractivity contribution < 1.29 is 0 Å². The van der Waals surface area contributed by atoms with Gasteiger partial charge in [-0.2, -0.15) is 0 Å². The molecule has 0 bridgehead atoms. The molecule has 1 aliphatic heterocycles. The van der Waals surface area contributed by atoms with E-state index in [2.05, 4.69) is 38.8 Å². The van der Waals surface area contributed by atoms with Crippen molar-refractivity contribution in [2.24, 2.45) is 0 Å². The lowest BCUT2D eigenvalue weighted by Crippen LogP contribution is -2.47. The van der Waals surface area contributed by atoms with Gasteiger partial charge in [0.25, 0.3) is 0 Å². The second-order valence-electron chi connectivity index (χ2n) is 4.51. The highest BCUT2D eigenvalue weighted by molar-refractivity contribution is 9.10. The zero-order chi connectivity index (χ0) is 12.3. The predicted octanol–water partition coefficient (Wildman–Crippen LogP) is 2.22. The van der Waals surface area contributed by atoms with Crippen LogP contribution in [0.15, 0.2) is 28.7 Å². The Morgan fingerprint density at radius 1 is 1.24 bits per heavy atom. The fourth-order valence-electron chi connectivity index (χ4n) is 2.01. The highest BCUT2D eigenvalue weighted by Gasteiger charge is 2.16. The summed E-state index contributed by atoms with van der Waals surface area (Å²) in [6.45, 7) is 4.05. The summed E-state index contributed by atoms with van der Waals surface area (Å²) < 4.78 is 1.10. The summed E-state index contributed by atoms with van der Waals surface area (Å²) in [6.07, 6.45) is 0.713. The molecule has 1 fully saturated rings. The molecule has 0 amide bonds. The molecule has 1 aromatic carbocycles. The first-order chi connectivity index (χ1) is 8.16. The molecule has 0 saturated carbocycles. The summed E-state index contributed by atoms with van der Waals surface area (Å²) in [4.78, 5) is 4.49. The zero-order valence-electron chi connectivity index (χ0n) is 10.1. The molecule has 0 radical (unpaired) electrons. The Balaban J connectivity index is 1.95. The van der Waals surface area contributed by atoms with Crippen molar-refractivity contribution in [1.29, 1.82) is 5.41 Å². The third-order valence-corrected chi connectivity index (χ3v) is 3.97. The van der Waals surface area contributed by atoms with E-state index < -0.39 is 0 Å². The molecule has 1 aromatic rings.